The van der Waals surface area contributed by atoms with Crippen molar-refractivity contribution in [1.29, 1.82) is 0 Å². The molecule has 1 saturated heterocycles. The molecule has 1 aliphatic heterocycles. The summed E-state index contributed by atoms with van der Waals surface area (Å²) in [6.45, 7) is 2.59. The molecule has 0 unspecified atom stereocenters. The summed E-state index contributed by atoms with van der Waals surface area (Å²) in [7, 11) is 0. The molecule has 9 nitrogen and oxygen atoms in total. The molecule has 28 heavy (non-hydrogen) atoms. The van der Waals surface area contributed by atoms with Crippen molar-refractivity contribution in [3.63, 3.8) is 0 Å². The van der Waals surface area contributed by atoms with Crippen LogP contribution in [-0.2, 0) is 4.79 Å². The number of para-hydroxylation sites is 1. The molecule has 2 aromatic carbocycles. The highest BCUT2D eigenvalue weighted by Crippen LogP contribution is 2.19. The molecule has 2 N–H and O–H groups in total. The van der Waals surface area contributed by atoms with Crippen molar-refractivity contribution in [2.75, 3.05) is 42.9 Å². The number of hydrogen-bond donors (Lipinski definition) is 2. The number of rotatable bonds is 4. The number of urea groups is 1. The van der Waals surface area contributed by atoms with E-state index in [1.807, 2.05) is 18.2 Å². The zero-order chi connectivity index (χ0) is 19.3. The van der Waals surface area contributed by atoms with E-state index >= 15 is 0 Å². The lowest BCUT2D eigenvalue weighted by atomic mass is 10.2. The van der Waals surface area contributed by atoms with Crippen LogP contribution in [0.5, 0.6) is 0 Å². The van der Waals surface area contributed by atoms with Crippen LogP contribution in [0.25, 0.3) is 11.0 Å². The summed E-state index contributed by atoms with van der Waals surface area (Å²) in [5.41, 5.74) is 2.67. The number of amides is 3. The van der Waals surface area contributed by atoms with Crippen molar-refractivity contribution in [1.82, 2.24) is 20.5 Å². The Kier molecular flexibility index (Phi) is 5.05. The standard InChI is InChI=1S/C19H20N6O3/c26-17(21-15-7-4-8-16-18(15)23-28-22-16)13-20-19(27)25-11-9-24(10-12-25)14-5-2-1-3-6-14/h1-8H,9-13H2,(H,20,27)(H,21,26). The maximum absolute atomic E-state index is 12.3. The van der Waals surface area contributed by atoms with Gasteiger partial charge in [0, 0.05) is 31.9 Å². The molecule has 0 bridgehead atoms. The van der Waals surface area contributed by atoms with Crippen LogP contribution in [0.15, 0.2) is 53.2 Å². The van der Waals surface area contributed by atoms with Gasteiger partial charge >= 0.3 is 6.03 Å². The fourth-order valence-corrected chi connectivity index (χ4v) is 3.18. The lowest BCUT2D eigenvalue weighted by molar-refractivity contribution is -0.115. The maximum atomic E-state index is 12.3. The highest BCUT2D eigenvalue weighted by molar-refractivity contribution is 6.00. The number of nitrogens with zero attached hydrogens (tertiary/aromatic N) is 4. The van der Waals surface area contributed by atoms with Crippen molar-refractivity contribution < 1.29 is 14.2 Å². The number of piperazine rings is 1. The van der Waals surface area contributed by atoms with Gasteiger partial charge in [-0.15, -0.1) is 0 Å². The zero-order valence-electron chi connectivity index (χ0n) is 15.2. The summed E-state index contributed by atoms with van der Waals surface area (Å²) < 4.78 is 4.67. The van der Waals surface area contributed by atoms with Crippen LogP contribution < -0.4 is 15.5 Å². The van der Waals surface area contributed by atoms with Crippen molar-refractivity contribution in [3.05, 3.63) is 48.5 Å². The second kappa shape index (κ2) is 7.95. The molecule has 1 fully saturated rings. The van der Waals surface area contributed by atoms with E-state index in [-0.39, 0.29) is 18.5 Å². The predicted octanol–water partition coefficient (Wildman–Crippen LogP) is 1.69. The molecule has 3 aromatic rings. The minimum Gasteiger partial charge on any atom is -0.368 e. The number of nitrogens with one attached hydrogen (secondary N) is 2. The van der Waals surface area contributed by atoms with E-state index < -0.39 is 0 Å². The SMILES string of the molecule is O=C(CNC(=O)N1CCN(c2ccccc2)CC1)Nc1cccc2nonc12. The van der Waals surface area contributed by atoms with Crippen LogP contribution in [0.1, 0.15) is 0 Å². The first kappa shape index (κ1) is 17.8. The van der Waals surface area contributed by atoms with E-state index in [1.54, 1.807) is 23.1 Å². The number of anilines is 2. The van der Waals surface area contributed by atoms with E-state index in [2.05, 4.69) is 42.6 Å². The van der Waals surface area contributed by atoms with Crippen LogP contribution in [0.3, 0.4) is 0 Å². The lowest BCUT2D eigenvalue weighted by Crippen LogP contribution is -2.52. The summed E-state index contributed by atoms with van der Waals surface area (Å²) in [6, 6.07) is 15.0. The summed E-state index contributed by atoms with van der Waals surface area (Å²) in [5, 5.41) is 12.9. The van der Waals surface area contributed by atoms with Gasteiger partial charge in [0.2, 0.25) is 5.91 Å². The first-order valence-electron chi connectivity index (χ1n) is 9.04. The average Bonchev–Trinajstić information content (AvgIpc) is 3.23. The van der Waals surface area contributed by atoms with Gasteiger partial charge < -0.3 is 20.4 Å². The largest absolute Gasteiger partial charge is 0.368 e. The van der Waals surface area contributed by atoms with Gasteiger partial charge in [-0.05, 0) is 34.6 Å². The number of fused-ring (bicyclic) bond motifs is 1. The van der Waals surface area contributed by atoms with Crippen LogP contribution in [0.4, 0.5) is 16.2 Å². The minimum absolute atomic E-state index is 0.126. The third-order valence-electron chi connectivity index (χ3n) is 4.65. The second-order valence-electron chi connectivity index (χ2n) is 6.45. The molecule has 1 aliphatic rings. The summed E-state index contributed by atoms with van der Waals surface area (Å²) >= 11 is 0. The Bertz CT molecular complexity index is 966. The van der Waals surface area contributed by atoms with Crippen LogP contribution >= 0.6 is 0 Å². The Balaban J connectivity index is 1.25. The van der Waals surface area contributed by atoms with E-state index in [0.29, 0.717) is 29.8 Å². The van der Waals surface area contributed by atoms with E-state index in [4.69, 9.17) is 0 Å². The summed E-state index contributed by atoms with van der Waals surface area (Å²) in [4.78, 5) is 28.5. The fourth-order valence-electron chi connectivity index (χ4n) is 3.18. The smallest absolute Gasteiger partial charge is 0.317 e. The third-order valence-corrected chi connectivity index (χ3v) is 4.65. The molecule has 0 saturated carbocycles. The first-order chi connectivity index (χ1) is 13.7. The number of carbonyl (C=O) groups excluding carboxylic acids is 2. The minimum atomic E-state index is -0.341. The number of hydrogen-bond acceptors (Lipinski definition) is 6. The van der Waals surface area contributed by atoms with E-state index in [9.17, 15) is 9.59 Å². The number of benzene rings is 2. The topological polar surface area (TPSA) is 104 Å². The predicted molar refractivity (Wildman–Crippen MR) is 104 cm³/mol. The molecular weight excluding hydrogens is 360 g/mol. The van der Waals surface area contributed by atoms with E-state index in [0.717, 1.165) is 18.8 Å². The van der Waals surface area contributed by atoms with Crippen LogP contribution in [0, 0.1) is 0 Å². The van der Waals surface area contributed by atoms with Crippen LogP contribution in [0.2, 0.25) is 0 Å². The van der Waals surface area contributed by atoms with Crippen molar-refractivity contribution in [3.8, 4) is 0 Å². The lowest BCUT2D eigenvalue weighted by Gasteiger charge is -2.36. The molecule has 9 heteroatoms. The van der Waals surface area contributed by atoms with Gasteiger partial charge in [0.25, 0.3) is 0 Å². The molecular formula is C19H20N6O3. The molecule has 2 heterocycles. The van der Waals surface area contributed by atoms with Gasteiger partial charge in [0.1, 0.15) is 5.52 Å². The van der Waals surface area contributed by atoms with Gasteiger partial charge in [-0.25, -0.2) is 9.42 Å². The van der Waals surface area contributed by atoms with Gasteiger partial charge in [-0.3, -0.25) is 4.79 Å². The first-order valence-corrected chi connectivity index (χ1v) is 9.04. The molecule has 0 spiro atoms. The zero-order valence-corrected chi connectivity index (χ0v) is 15.2. The second-order valence-corrected chi connectivity index (χ2v) is 6.45. The molecule has 0 radical (unpaired) electrons. The fraction of sp³-hybridized carbons (Fsp3) is 0.263. The van der Waals surface area contributed by atoms with Crippen molar-refractivity contribution in [2.45, 2.75) is 0 Å². The van der Waals surface area contributed by atoms with Gasteiger partial charge in [0.15, 0.2) is 5.52 Å². The molecule has 4 rings (SSSR count). The highest BCUT2D eigenvalue weighted by atomic mass is 16.6. The van der Waals surface area contributed by atoms with Gasteiger partial charge in [0.05, 0.1) is 12.2 Å². The van der Waals surface area contributed by atoms with Crippen molar-refractivity contribution >= 4 is 34.3 Å². The Morgan fingerprint density at radius 3 is 2.54 bits per heavy atom. The monoisotopic (exact) mass is 380 g/mol. The maximum Gasteiger partial charge on any atom is 0.317 e. The molecule has 1 aromatic heterocycles. The Morgan fingerprint density at radius 2 is 1.75 bits per heavy atom. The van der Waals surface area contributed by atoms with Crippen LogP contribution in [-0.4, -0.2) is 59.9 Å². The molecule has 0 aliphatic carbocycles. The quantitative estimate of drug-likeness (QED) is 0.714. The highest BCUT2D eigenvalue weighted by Gasteiger charge is 2.21. The van der Waals surface area contributed by atoms with Gasteiger partial charge in [-0.1, -0.05) is 24.3 Å². The van der Waals surface area contributed by atoms with Crippen molar-refractivity contribution in [2.24, 2.45) is 0 Å². The average molecular weight is 380 g/mol. The molecule has 3 amide bonds. The van der Waals surface area contributed by atoms with Gasteiger partial charge in [-0.2, -0.15) is 0 Å². The number of carbonyl (C=O) groups is 2. The molecule has 0 atom stereocenters. The summed E-state index contributed by atoms with van der Waals surface area (Å²) in [5.74, 6) is -0.341. The molecule has 144 valence electrons. The summed E-state index contributed by atoms with van der Waals surface area (Å²) in [6.07, 6.45) is 0. The Morgan fingerprint density at radius 1 is 0.964 bits per heavy atom. The van der Waals surface area contributed by atoms with E-state index in [1.165, 1.54) is 0 Å². The third kappa shape index (κ3) is 3.88. The Hall–Kier alpha value is -3.62. The normalized spacial score (nSPS) is 14.1. The Labute approximate surface area is 161 Å². The number of aromatic nitrogens is 2.